The lowest BCUT2D eigenvalue weighted by Gasteiger charge is -2.18. The van der Waals surface area contributed by atoms with Crippen LogP contribution in [0.5, 0.6) is 5.75 Å². The summed E-state index contributed by atoms with van der Waals surface area (Å²) in [4.78, 5) is 12.4. The van der Waals surface area contributed by atoms with Gasteiger partial charge in [0, 0.05) is 0 Å². The molecule has 0 aromatic heterocycles. The molecule has 2 aromatic rings. The third kappa shape index (κ3) is 4.64. The van der Waals surface area contributed by atoms with Gasteiger partial charge in [0.15, 0.2) is 6.10 Å². The minimum atomic E-state index is -3.18. The van der Waals surface area contributed by atoms with Crippen molar-refractivity contribution in [3.05, 3.63) is 57.0 Å². The second-order valence-electron chi connectivity index (χ2n) is 4.96. The molecule has 0 fully saturated rings. The highest BCUT2D eigenvalue weighted by molar-refractivity contribution is 9.10. The van der Waals surface area contributed by atoms with Gasteiger partial charge >= 0.3 is 0 Å². The molecule has 0 spiro atoms. The van der Waals surface area contributed by atoms with E-state index in [1.54, 1.807) is 0 Å². The number of ether oxygens (including phenoxy) is 1. The molecule has 0 radical (unpaired) electrons. The Bertz CT molecular complexity index is 801. The van der Waals surface area contributed by atoms with E-state index in [2.05, 4.69) is 21.2 Å². The van der Waals surface area contributed by atoms with Crippen LogP contribution in [0.2, 0.25) is 5.02 Å². The van der Waals surface area contributed by atoms with Crippen LogP contribution in [0, 0.1) is 11.6 Å². The maximum absolute atomic E-state index is 13.8. The van der Waals surface area contributed by atoms with E-state index in [-0.39, 0.29) is 15.2 Å². The highest BCUT2D eigenvalue weighted by Gasteiger charge is 2.26. The zero-order valence-corrected chi connectivity index (χ0v) is 15.1. The van der Waals surface area contributed by atoms with Gasteiger partial charge in [-0.1, -0.05) is 17.7 Å². The fourth-order valence-corrected chi connectivity index (χ4v) is 2.45. The van der Waals surface area contributed by atoms with Crippen molar-refractivity contribution >= 4 is 39.1 Å². The van der Waals surface area contributed by atoms with E-state index in [1.165, 1.54) is 12.1 Å². The van der Waals surface area contributed by atoms with Crippen LogP contribution in [0.1, 0.15) is 10.4 Å². The summed E-state index contributed by atoms with van der Waals surface area (Å²) in [6.45, 7) is -1.53. The second kappa shape index (κ2) is 8.68. The van der Waals surface area contributed by atoms with Gasteiger partial charge < -0.3 is 10.1 Å². The van der Waals surface area contributed by atoms with E-state index in [4.69, 9.17) is 16.3 Å². The van der Waals surface area contributed by atoms with E-state index >= 15 is 0 Å². The van der Waals surface area contributed by atoms with Gasteiger partial charge in [-0.05, 0) is 40.2 Å². The number of carbonyl (C=O) groups excluding carboxylic acids is 1. The van der Waals surface area contributed by atoms with Gasteiger partial charge in [0.1, 0.15) is 24.1 Å². The van der Waals surface area contributed by atoms with Gasteiger partial charge in [-0.25, -0.2) is 22.0 Å². The number of para-hydroxylation sites is 1. The maximum atomic E-state index is 13.8. The zero-order valence-electron chi connectivity index (χ0n) is 12.7. The molecule has 140 valence electrons. The van der Waals surface area contributed by atoms with Crippen LogP contribution in [0.3, 0.4) is 0 Å². The van der Waals surface area contributed by atoms with Gasteiger partial charge in [-0.3, -0.25) is 4.79 Å². The van der Waals surface area contributed by atoms with E-state index in [0.29, 0.717) is 6.07 Å². The Kier molecular flexibility index (Phi) is 6.82. The third-order valence-corrected chi connectivity index (χ3v) is 4.10. The molecule has 1 atom stereocenters. The first-order valence-corrected chi connectivity index (χ1v) is 8.16. The van der Waals surface area contributed by atoms with Gasteiger partial charge in [-0.15, -0.1) is 0 Å². The highest BCUT2D eigenvalue weighted by atomic mass is 79.9. The number of hydrogen-bond donors (Lipinski definition) is 1. The SMILES string of the molecule is O=C(Nc1c(F)cccc1Cl)c1cc(F)c(Br)cc1O[C@@H](CF)C(F)F. The number of nitrogens with one attached hydrogen (secondary N) is 1. The van der Waals surface area contributed by atoms with Gasteiger partial charge in [0.2, 0.25) is 0 Å². The van der Waals surface area contributed by atoms with Crippen LogP contribution < -0.4 is 10.1 Å². The van der Waals surface area contributed by atoms with Crippen LogP contribution >= 0.6 is 27.5 Å². The summed E-state index contributed by atoms with van der Waals surface area (Å²) in [6, 6.07) is 5.21. The van der Waals surface area contributed by atoms with Crippen molar-refractivity contribution in [2.24, 2.45) is 0 Å². The fraction of sp³-hybridized carbons (Fsp3) is 0.188. The summed E-state index contributed by atoms with van der Waals surface area (Å²) >= 11 is 8.61. The lowest BCUT2D eigenvalue weighted by molar-refractivity contribution is -0.00161. The van der Waals surface area contributed by atoms with Crippen molar-refractivity contribution in [2.75, 3.05) is 12.0 Å². The molecule has 0 aliphatic carbocycles. The number of halogens is 7. The van der Waals surface area contributed by atoms with E-state index in [0.717, 1.165) is 12.1 Å². The summed E-state index contributed by atoms with van der Waals surface area (Å²) in [5.41, 5.74) is -0.923. The number of carbonyl (C=O) groups is 1. The Labute approximate surface area is 158 Å². The van der Waals surface area contributed by atoms with E-state index in [9.17, 15) is 26.7 Å². The summed E-state index contributed by atoms with van der Waals surface area (Å²) in [5.74, 6) is -3.35. The number of amides is 1. The number of benzene rings is 2. The molecule has 0 saturated heterocycles. The lowest BCUT2D eigenvalue weighted by atomic mass is 10.1. The quantitative estimate of drug-likeness (QED) is 0.571. The van der Waals surface area contributed by atoms with Crippen LogP contribution in [0.4, 0.5) is 27.6 Å². The number of alkyl halides is 3. The minimum Gasteiger partial charge on any atom is -0.481 e. The molecule has 26 heavy (non-hydrogen) atoms. The first-order chi connectivity index (χ1) is 12.2. The summed E-state index contributed by atoms with van der Waals surface area (Å²) in [6.07, 6.45) is -5.34. The molecule has 0 unspecified atom stereocenters. The molecule has 0 heterocycles. The van der Waals surface area contributed by atoms with Crippen molar-refractivity contribution in [2.45, 2.75) is 12.5 Å². The lowest BCUT2D eigenvalue weighted by Crippen LogP contribution is -2.28. The normalized spacial score (nSPS) is 12.2. The molecule has 1 amide bonds. The largest absolute Gasteiger partial charge is 0.481 e. The number of anilines is 1. The summed E-state index contributed by atoms with van der Waals surface area (Å²) in [7, 11) is 0. The standard InChI is InChI=1S/C16H10BrClF5NO2/c17-8-5-12(26-13(6-19)15(22)23)7(4-11(8)21)16(25)24-14-9(18)2-1-3-10(14)20/h1-5,13,15H,6H2,(H,24,25)/t13-/m0/s1. The molecule has 2 rings (SSSR count). The van der Waals surface area contributed by atoms with Crippen molar-refractivity contribution < 1.29 is 31.5 Å². The molecule has 0 aliphatic heterocycles. The Morgan fingerprint density at radius 2 is 1.92 bits per heavy atom. The molecule has 0 aliphatic rings. The molecule has 1 N–H and O–H groups in total. The Hall–Kier alpha value is -1.87. The monoisotopic (exact) mass is 457 g/mol. The number of hydrogen-bond acceptors (Lipinski definition) is 2. The topological polar surface area (TPSA) is 38.3 Å². The number of rotatable bonds is 6. The van der Waals surface area contributed by atoms with Crippen molar-refractivity contribution in [1.29, 1.82) is 0 Å². The predicted octanol–water partition coefficient (Wildman–Crippen LogP) is 5.62. The Morgan fingerprint density at radius 1 is 1.23 bits per heavy atom. The van der Waals surface area contributed by atoms with Gasteiger partial charge in [-0.2, -0.15) is 0 Å². The average Bonchev–Trinajstić information content (AvgIpc) is 2.58. The van der Waals surface area contributed by atoms with E-state index in [1.807, 2.05) is 0 Å². The molecular weight excluding hydrogens is 449 g/mol. The fourth-order valence-electron chi connectivity index (χ4n) is 1.91. The highest BCUT2D eigenvalue weighted by Crippen LogP contribution is 2.31. The summed E-state index contributed by atoms with van der Waals surface area (Å²) < 4.78 is 70.3. The molecule has 10 heteroatoms. The van der Waals surface area contributed by atoms with Crippen LogP contribution in [0.15, 0.2) is 34.8 Å². The Morgan fingerprint density at radius 3 is 2.50 bits per heavy atom. The molecule has 3 nitrogen and oxygen atoms in total. The molecular formula is C16H10BrClF5NO2. The van der Waals surface area contributed by atoms with Crippen LogP contribution in [-0.2, 0) is 0 Å². The van der Waals surface area contributed by atoms with Gasteiger partial charge in [0.05, 0.1) is 20.7 Å². The van der Waals surface area contributed by atoms with Crippen molar-refractivity contribution in [1.82, 2.24) is 0 Å². The van der Waals surface area contributed by atoms with Gasteiger partial charge in [0.25, 0.3) is 12.3 Å². The smallest absolute Gasteiger partial charge is 0.277 e. The summed E-state index contributed by atoms with van der Waals surface area (Å²) in [5, 5.41) is 1.98. The maximum Gasteiger partial charge on any atom is 0.277 e. The third-order valence-electron chi connectivity index (χ3n) is 3.18. The Balaban J connectivity index is 2.40. The van der Waals surface area contributed by atoms with Crippen molar-refractivity contribution in [3.8, 4) is 5.75 Å². The van der Waals surface area contributed by atoms with Crippen LogP contribution in [0.25, 0.3) is 0 Å². The first-order valence-electron chi connectivity index (χ1n) is 6.99. The molecule has 2 aromatic carbocycles. The predicted molar refractivity (Wildman–Crippen MR) is 89.9 cm³/mol. The molecule has 0 bridgehead atoms. The van der Waals surface area contributed by atoms with E-state index < -0.39 is 48.1 Å². The first kappa shape index (κ1) is 20.4. The molecule has 0 saturated carbocycles. The van der Waals surface area contributed by atoms with Crippen molar-refractivity contribution in [3.63, 3.8) is 0 Å². The average molecular weight is 459 g/mol. The van der Waals surface area contributed by atoms with Crippen LogP contribution in [-0.4, -0.2) is 25.1 Å². The minimum absolute atomic E-state index is 0.132. The zero-order chi connectivity index (χ0) is 19.4. The second-order valence-corrected chi connectivity index (χ2v) is 6.22.